The smallest absolute Gasteiger partial charge is 0.191 e. The highest BCUT2D eigenvalue weighted by molar-refractivity contribution is 7.98. The molecule has 0 aliphatic heterocycles. The number of rotatable bonds is 5. The lowest BCUT2D eigenvalue weighted by Gasteiger charge is -2.10. The lowest BCUT2D eigenvalue weighted by atomic mass is 10.1. The van der Waals surface area contributed by atoms with Gasteiger partial charge < -0.3 is 10.4 Å². The quantitative estimate of drug-likeness (QED) is 0.484. The van der Waals surface area contributed by atoms with Gasteiger partial charge in [-0.25, -0.2) is 9.97 Å². The number of H-pyrrole nitrogens is 1. The van der Waals surface area contributed by atoms with Crippen molar-refractivity contribution in [2.24, 2.45) is 0 Å². The first-order valence-corrected chi connectivity index (χ1v) is 8.67. The molecule has 6 nitrogen and oxygen atoms in total. The topological polar surface area (TPSA) is 86.7 Å². The average Bonchev–Trinajstić information content (AvgIpc) is 2.96. The zero-order valence-corrected chi connectivity index (χ0v) is 14.2. The molecule has 8 heteroatoms. The molecular formula is C15H16ClN5OS. The Morgan fingerprint density at radius 1 is 1.35 bits per heavy atom. The first-order valence-electron chi connectivity index (χ1n) is 7.07. The number of anilines is 1. The molecule has 0 bridgehead atoms. The standard InChI is InChI=1S/C15H16ClN5OS/c1-8(22)7-17-13-11-12(9-5-3-4-6-10(9)16)20-21-14(11)19-15(18-13)23-2/h3-6,8,22H,7H2,1-2H3,(H2,17,18,19,20,21)/t8-/m0/s1. The Hall–Kier alpha value is -1.83. The minimum absolute atomic E-state index is 0.382. The number of aliphatic hydroxyl groups is 1. The lowest BCUT2D eigenvalue weighted by molar-refractivity contribution is 0.208. The number of aromatic nitrogens is 4. The molecule has 2 aromatic heterocycles. The van der Waals surface area contributed by atoms with E-state index in [1.165, 1.54) is 11.8 Å². The third-order valence-electron chi connectivity index (χ3n) is 3.28. The van der Waals surface area contributed by atoms with Crippen molar-refractivity contribution in [2.75, 3.05) is 18.1 Å². The van der Waals surface area contributed by atoms with E-state index >= 15 is 0 Å². The van der Waals surface area contributed by atoms with Crippen LogP contribution in [0, 0.1) is 0 Å². The Morgan fingerprint density at radius 2 is 2.13 bits per heavy atom. The summed E-state index contributed by atoms with van der Waals surface area (Å²) in [5, 5.41) is 22.0. The average molecular weight is 350 g/mol. The van der Waals surface area contributed by atoms with Crippen LogP contribution in [0.2, 0.25) is 5.02 Å². The predicted molar refractivity (Wildman–Crippen MR) is 94.1 cm³/mol. The molecule has 120 valence electrons. The number of fused-ring (bicyclic) bond motifs is 1. The first kappa shape index (κ1) is 16.0. The second-order valence-corrected chi connectivity index (χ2v) is 6.25. The summed E-state index contributed by atoms with van der Waals surface area (Å²) >= 11 is 7.74. The second kappa shape index (κ2) is 6.74. The molecule has 0 radical (unpaired) electrons. The van der Waals surface area contributed by atoms with Gasteiger partial charge in [0.15, 0.2) is 10.8 Å². The monoisotopic (exact) mass is 349 g/mol. The van der Waals surface area contributed by atoms with Gasteiger partial charge in [-0.1, -0.05) is 41.6 Å². The van der Waals surface area contributed by atoms with Crippen molar-refractivity contribution in [2.45, 2.75) is 18.2 Å². The molecule has 0 saturated carbocycles. The number of halogens is 1. The number of aliphatic hydroxyl groups excluding tert-OH is 1. The van der Waals surface area contributed by atoms with Gasteiger partial charge in [-0.3, -0.25) is 5.10 Å². The maximum absolute atomic E-state index is 9.54. The number of nitrogens with one attached hydrogen (secondary N) is 2. The minimum atomic E-state index is -0.492. The summed E-state index contributed by atoms with van der Waals surface area (Å²) in [4.78, 5) is 8.95. The van der Waals surface area contributed by atoms with Crippen molar-refractivity contribution >= 4 is 40.2 Å². The molecule has 3 N–H and O–H groups in total. The predicted octanol–water partition coefficient (Wildman–Crippen LogP) is 3.19. The van der Waals surface area contributed by atoms with Gasteiger partial charge in [0.1, 0.15) is 11.5 Å². The van der Waals surface area contributed by atoms with Gasteiger partial charge in [-0.15, -0.1) is 0 Å². The van der Waals surface area contributed by atoms with Gasteiger partial charge in [-0.2, -0.15) is 5.10 Å². The Balaban J connectivity index is 2.18. The number of nitrogens with zero attached hydrogens (tertiary/aromatic N) is 3. The van der Waals surface area contributed by atoms with Crippen LogP contribution in [0.1, 0.15) is 6.92 Å². The second-order valence-electron chi connectivity index (χ2n) is 5.06. The SMILES string of the molecule is CSc1nc(NC[C@H](C)O)c2c(-c3ccccc3Cl)n[nH]c2n1. The van der Waals surface area contributed by atoms with Crippen LogP contribution in [0.25, 0.3) is 22.3 Å². The fourth-order valence-electron chi connectivity index (χ4n) is 2.22. The van der Waals surface area contributed by atoms with E-state index in [1.54, 1.807) is 6.92 Å². The zero-order valence-electron chi connectivity index (χ0n) is 12.7. The van der Waals surface area contributed by atoms with Crippen LogP contribution in [-0.4, -0.2) is 44.2 Å². The molecule has 1 aromatic carbocycles. The van der Waals surface area contributed by atoms with Gasteiger partial charge >= 0.3 is 0 Å². The van der Waals surface area contributed by atoms with E-state index in [0.29, 0.717) is 33.9 Å². The maximum atomic E-state index is 9.54. The van der Waals surface area contributed by atoms with Gasteiger partial charge in [0.25, 0.3) is 0 Å². The normalized spacial score (nSPS) is 12.5. The molecule has 3 aromatic rings. The molecule has 1 atom stereocenters. The van der Waals surface area contributed by atoms with Crippen LogP contribution < -0.4 is 5.32 Å². The lowest BCUT2D eigenvalue weighted by Crippen LogP contribution is -2.16. The van der Waals surface area contributed by atoms with Crippen LogP contribution in [0.3, 0.4) is 0 Å². The van der Waals surface area contributed by atoms with Gasteiger partial charge in [0.05, 0.1) is 16.5 Å². The van der Waals surface area contributed by atoms with E-state index in [4.69, 9.17) is 11.6 Å². The summed E-state index contributed by atoms with van der Waals surface area (Å²) in [7, 11) is 0. The minimum Gasteiger partial charge on any atom is -0.392 e. The number of benzene rings is 1. The summed E-state index contributed by atoms with van der Waals surface area (Å²) in [5.41, 5.74) is 2.12. The van der Waals surface area contributed by atoms with E-state index in [-0.39, 0.29) is 0 Å². The highest BCUT2D eigenvalue weighted by Gasteiger charge is 2.18. The number of hydrogen-bond donors (Lipinski definition) is 3. The van der Waals surface area contributed by atoms with E-state index in [9.17, 15) is 5.11 Å². The summed E-state index contributed by atoms with van der Waals surface area (Å²) < 4.78 is 0. The van der Waals surface area contributed by atoms with Gasteiger partial charge in [0, 0.05) is 12.1 Å². The molecular weight excluding hydrogens is 334 g/mol. The molecule has 3 rings (SSSR count). The Labute approximate surface area is 142 Å². The van der Waals surface area contributed by atoms with E-state index in [1.807, 2.05) is 30.5 Å². The van der Waals surface area contributed by atoms with Crippen molar-refractivity contribution < 1.29 is 5.11 Å². The summed E-state index contributed by atoms with van der Waals surface area (Å²) in [6, 6.07) is 7.49. The third kappa shape index (κ3) is 3.26. The fraction of sp³-hybridized carbons (Fsp3) is 0.267. The largest absolute Gasteiger partial charge is 0.392 e. The Kier molecular flexibility index (Phi) is 4.70. The molecule has 23 heavy (non-hydrogen) atoms. The van der Waals surface area contributed by atoms with Crippen LogP contribution in [0.4, 0.5) is 5.82 Å². The molecule has 0 unspecified atom stereocenters. The van der Waals surface area contributed by atoms with Crippen molar-refractivity contribution in [3.8, 4) is 11.3 Å². The maximum Gasteiger partial charge on any atom is 0.191 e. The molecule has 0 aliphatic rings. The van der Waals surface area contributed by atoms with Crippen LogP contribution >= 0.6 is 23.4 Å². The van der Waals surface area contributed by atoms with Crippen molar-refractivity contribution in [1.82, 2.24) is 20.2 Å². The molecule has 0 fully saturated rings. The van der Waals surface area contributed by atoms with Crippen LogP contribution in [0.15, 0.2) is 29.4 Å². The molecule has 0 saturated heterocycles. The fourth-order valence-corrected chi connectivity index (χ4v) is 2.81. The van der Waals surface area contributed by atoms with Crippen LogP contribution in [0.5, 0.6) is 0 Å². The van der Waals surface area contributed by atoms with E-state index < -0.39 is 6.10 Å². The highest BCUT2D eigenvalue weighted by atomic mass is 35.5. The number of hydrogen-bond acceptors (Lipinski definition) is 6. The van der Waals surface area contributed by atoms with E-state index in [2.05, 4.69) is 25.5 Å². The summed E-state index contributed by atoms with van der Waals surface area (Å²) in [6.45, 7) is 2.10. The van der Waals surface area contributed by atoms with Crippen molar-refractivity contribution in [1.29, 1.82) is 0 Å². The highest BCUT2D eigenvalue weighted by Crippen LogP contribution is 2.34. The molecule has 0 aliphatic carbocycles. The molecule has 0 spiro atoms. The van der Waals surface area contributed by atoms with Crippen LogP contribution in [-0.2, 0) is 0 Å². The summed E-state index contributed by atoms with van der Waals surface area (Å²) in [6.07, 6.45) is 1.42. The van der Waals surface area contributed by atoms with E-state index in [0.717, 1.165) is 10.9 Å². The van der Waals surface area contributed by atoms with Gasteiger partial charge in [-0.05, 0) is 19.2 Å². The first-order chi connectivity index (χ1) is 11.1. The number of aromatic amines is 1. The Morgan fingerprint density at radius 3 is 2.83 bits per heavy atom. The summed E-state index contributed by atoms with van der Waals surface area (Å²) in [5.74, 6) is 0.629. The van der Waals surface area contributed by atoms with Crippen molar-refractivity contribution in [3.63, 3.8) is 0 Å². The molecule has 0 amide bonds. The molecule has 2 heterocycles. The third-order valence-corrected chi connectivity index (χ3v) is 4.15. The number of thioether (sulfide) groups is 1. The van der Waals surface area contributed by atoms with Gasteiger partial charge in [0.2, 0.25) is 0 Å². The zero-order chi connectivity index (χ0) is 16.4. The van der Waals surface area contributed by atoms with Crippen molar-refractivity contribution in [3.05, 3.63) is 29.3 Å². The Bertz CT molecular complexity index is 836.